The molecule has 4 aromatic carbocycles. The van der Waals surface area contributed by atoms with E-state index in [-0.39, 0.29) is 30.3 Å². The zero-order valence-corrected chi connectivity index (χ0v) is 25.4. The highest BCUT2D eigenvalue weighted by atomic mass is 16.5. The summed E-state index contributed by atoms with van der Waals surface area (Å²) in [6.07, 6.45) is 0. The highest BCUT2D eigenvalue weighted by Crippen LogP contribution is 2.49. The van der Waals surface area contributed by atoms with Crippen LogP contribution in [-0.4, -0.2) is 46.2 Å². The van der Waals surface area contributed by atoms with Crippen LogP contribution in [0.25, 0.3) is 11.4 Å². The molecule has 46 heavy (non-hydrogen) atoms. The van der Waals surface area contributed by atoms with Crippen molar-refractivity contribution in [2.24, 2.45) is 4.99 Å². The van der Waals surface area contributed by atoms with Crippen molar-refractivity contribution < 1.29 is 29.3 Å². The van der Waals surface area contributed by atoms with Gasteiger partial charge < -0.3 is 29.9 Å². The summed E-state index contributed by atoms with van der Waals surface area (Å²) in [5.41, 5.74) is 4.21. The molecule has 3 N–H and O–H groups in total. The molecular formula is C37H33N3O6. The number of nitrogens with zero attached hydrogens (tertiary/aromatic N) is 2. The van der Waals surface area contributed by atoms with Gasteiger partial charge in [0.1, 0.15) is 11.5 Å². The average molecular weight is 616 g/mol. The fourth-order valence-electron chi connectivity index (χ4n) is 5.89. The van der Waals surface area contributed by atoms with Gasteiger partial charge >= 0.3 is 11.9 Å². The number of benzene rings is 4. The van der Waals surface area contributed by atoms with Gasteiger partial charge in [0, 0.05) is 5.56 Å². The van der Waals surface area contributed by atoms with Crippen molar-refractivity contribution in [1.29, 1.82) is 0 Å². The summed E-state index contributed by atoms with van der Waals surface area (Å²) in [6.45, 7) is 3.76. The summed E-state index contributed by atoms with van der Waals surface area (Å²) in [5, 5.41) is 23.9. The van der Waals surface area contributed by atoms with E-state index in [9.17, 15) is 19.8 Å². The van der Waals surface area contributed by atoms with Gasteiger partial charge in [-0.05, 0) is 54.8 Å². The molecule has 2 aliphatic heterocycles. The molecular weight excluding hydrogens is 582 g/mol. The van der Waals surface area contributed by atoms with Gasteiger partial charge in [-0.15, -0.1) is 0 Å². The van der Waals surface area contributed by atoms with Crippen molar-refractivity contribution in [3.63, 3.8) is 0 Å². The molecule has 2 aliphatic rings. The van der Waals surface area contributed by atoms with Crippen LogP contribution in [0.2, 0.25) is 0 Å². The monoisotopic (exact) mass is 615 g/mol. The fraction of sp³-hybridized carbons (Fsp3) is 0.162. The van der Waals surface area contributed by atoms with Gasteiger partial charge in [-0.2, -0.15) is 0 Å². The lowest BCUT2D eigenvalue weighted by molar-refractivity contribution is -0.139. The number of esters is 2. The van der Waals surface area contributed by atoms with Crippen LogP contribution in [0, 0.1) is 0 Å². The van der Waals surface area contributed by atoms with E-state index < -0.39 is 24.0 Å². The summed E-state index contributed by atoms with van der Waals surface area (Å²) in [5.74, 6) is -0.615. The third-order valence-electron chi connectivity index (χ3n) is 7.84. The second-order valence-electron chi connectivity index (χ2n) is 10.7. The van der Waals surface area contributed by atoms with Crippen molar-refractivity contribution in [2.45, 2.75) is 25.9 Å². The second kappa shape index (κ2) is 13.0. The number of carbonyl (C=O) groups is 2. The van der Waals surface area contributed by atoms with E-state index in [0.29, 0.717) is 39.6 Å². The predicted octanol–water partition coefficient (Wildman–Crippen LogP) is 6.10. The highest BCUT2D eigenvalue weighted by molar-refractivity contribution is 6.10. The minimum atomic E-state index is -0.838. The normalized spacial score (nSPS) is 17.5. The van der Waals surface area contributed by atoms with E-state index in [0.717, 1.165) is 5.56 Å². The number of hydrogen-bond acceptors (Lipinski definition) is 9. The summed E-state index contributed by atoms with van der Waals surface area (Å²) >= 11 is 0. The Balaban J connectivity index is 1.71. The Morgan fingerprint density at radius 3 is 1.63 bits per heavy atom. The van der Waals surface area contributed by atoms with Gasteiger partial charge in [-0.25, -0.2) is 14.6 Å². The van der Waals surface area contributed by atoms with E-state index in [1.165, 1.54) is 0 Å². The van der Waals surface area contributed by atoms with Gasteiger partial charge in [0.05, 0.1) is 47.8 Å². The van der Waals surface area contributed by atoms with E-state index in [2.05, 4.69) is 5.32 Å². The molecule has 9 heteroatoms. The van der Waals surface area contributed by atoms with Crippen LogP contribution >= 0.6 is 0 Å². The van der Waals surface area contributed by atoms with Crippen molar-refractivity contribution >= 4 is 29.3 Å². The Kier molecular flexibility index (Phi) is 8.56. The summed E-state index contributed by atoms with van der Waals surface area (Å²) < 4.78 is 11.3. The number of hydrogen-bond donors (Lipinski definition) is 3. The second-order valence-corrected chi connectivity index (χ2v) is 10.7. The molecule has 232 valence electrons. The Morgan fingerprint density at radius 2 is 1.13 bits per heavy atom. The molecule has 9 nitrogen and oxygen atoms in total. The molecule has 0 amide bonds. The molecule has 0 saturated heterocycles. The van der Waals surface area contributed by atoms with E-state index in [1.54, 1.807) is 62.4 Å². The number of phenolic OH excluding ortho intramolecular Hbond substituents is 2. The number of fused-ring (bicyclic) bond motifs is 1. The zero-order valence-electron chi connectivity index (χ0n) is 25.4. The Hall–Kier alpha value is -5.83. The first-order valence-corrected chi connectivity index (χ1v) is 15.1. The van der Waals surface area contributed by atoms with Crippen LogP contribution in [0.1, 0.15) is 48.2 Å². The molecule has 6 rings (SSSR count). The largest absolute Gasteiger partial charge is 0.508 e. The van der Waals surface area contributed by atoms with Gasteiger partial charge in [0.15, 0.2) is 0 Å². The van der Waals surface area contributed by atoms with Crippen LogP contribution < -0.4 is 5.32 Å². The Bertz CT molecular complexity index is 1830. The van der Waals surface area contributed by atoms with Gasteiger partial charge in [0.25, 0.3) is 0 Å². The Labute approximate surface area is 266 Å². The minimum absolute atomic E-state index is 0.0590. The zero-order chi connectivity index (χ0) is 32.2. The summed E-state index contributed by atoms with van der Waals surface area (Å²) in [7, 11) is 0. The minimum Gasteiger partial charge on any atom is -0.508 e. The number of rotatable bonds is 8. The van der Waals surface area contributed by atoms with Crippen LogP contribution in [-0.2, 0) is 19.1 Å². The van der Waals surface area contributed by atoms with E-state index >= 15 is 0 Å². The Morgan fingerprint density at radius 1 is 0.674 bits per heavy atom. The lowest BCUT2D eigenvalue weighted by Crippen LogP contribution is -2.53. The maximum Gasteiger partial charge on any atom is 0.338 e. The molecule has 0 fully saturated rings. The summed E-state index contributed by atoms with van der Waals surface area (Å²) in [4.78, 5) is 35.0. The number of phenols is 2. The SMILES string of the molecule is CCOC(=O)C1=C(c2ccccc2)N=C2NC(c3ccccc3)=C(C(=O)OCC)C(c3ccc(O)cc3)N2C1c1ccc(O)cc1. The van der Waals surface area contributed by atoms with Gasteiger partial charge in [-0.1, -0.05) is 84.9 Å². The van der Waals surface area contributed by atoms with Crippen molar-refractivity contribution in [1.82, 2.24) is 10.2 Å². The number of ether oxygens (including phenoxy) is 2. The van der Waals surface area contributed by atoms with Crippen LogP contribution in [0.5, 0.6) is 11.5 Å². The third-order valence-corrected chi connectivity index (χ3v) is 7.84. The smallest absolute Gasteiger partial charge is 0.338 e. The van der Waals surface area contributed by atoms with Gasteiger partial charge in [0.2, 0.25) is 5.96 Å². The lowest BCUT2D eigenvalue weighted by Gasteiger charge is -2.47. The molecule has 0 aromatic heterocycles. The topological polar surface area (TPSA) is 121 Å². The van der Waals surface area contributed by atoms with Gasteiger partial charge in [-0.3, -0.25) is 0 Å². The standard InChI is InChI=1S/C37H33N3O6/c1-3-45-35(43)29-31(23-11-7-5-8-12-23)38-37-39-32(24-13-9-6-10-14-24)30(36(44)46-4-2)34(26-17-21-28(42)22-18-26)40(37)33(29)25-15-19-27(41)20-16-25/h5-22,33-34,41-42H,3-4H2,1-2H3,(H,38,39). The quantitative estimate of drug-likeness (QED) is 0.203. The lowest BCUT2D eigenvalue weighted by atomic mass is 9.85. The predicted molar refractivity (Wildman–Crippen MR) is 174 cm³/mol. The summed E-state index contributed by atoms with van der Waals surface area (Å²) in [6, 6.07) is 30.3. The van der Waals surface area contributed by atoms with E-state index in [1.807, 2.05) is 65.6 Å². The molecule has 2 atom stereocenters. The van der Waals surface area contributed by atoms with Crippen LogP contribution in [0.4, 0.5) is 0 Å². The molecule has 0 aliphatic carbocycles. The first kappa shape index (κ1) is 30.2. The maximum absolute atomic E-state index is 14.0. The van der Waals surface area contributed by atoms with Crippen LogP contribution in [0.15, 0.2) is 125 Å². The molecule has 0 radical (unpaired) electrons. The molecule has 2 unspecified atom stereocenters. The maximum atomic E-state index is 14.0. The highest BCUT2D eigenvalue weighted by Gasteiger charge is 2.48. The van der Waals surface area contributed by atoms with Crippen molar-refractivity contribution in [3.05, 3.63) is 143 Å². The first-order chi connectivity index (χ1) is 22.4. The van der Waals surface area contributed by atoms with E-state index in [4.69, 9.17) is 14.5 Å². The third kappa shape index (κ3) is 5.70. The number of guanidine groups is 1. The first-order valence-electron chi connectivity index (χ1n) is 15.1. The van der Waals surface area contributed by atoms with Crippen molar-refractivity contribution in [2.75, 3.05) is 13.2 Å². The molecule has 0 bridgehead atoms. The number of aliphatic imine (C=N–C) groups is 1. The average Bonchev–Trinajstić information content (AvgIpc) is 3.08. The number of carbonyl (C=O) groups excluding carboxylic acids is 2. The molecule has 2 heterocycles. The van der Waals surface area contributed by atoms with Crippen LogP contribution in [0.3, 0.4) is 0 Å². The molecule has 0 spiro atoms. The number of aromatic hydroxyl groups is 2. The fourth-order valence-corrected chi connectivity index (χ4v) is 5.89. The molecule has 0 saturated carbocycles. The number of nitrogens with one attached hydrogen (secondary N) is 1. The molecule has 4 aromatic rings. The van der Waals surface area contributed by atoms with Crippen molar-refractivity contribution in [3.8, 4) is 11.5 Å².